The lowest BCUT2D eigenvalue weighted by molar-refractivity contribution is -0.161. The highest BCUT2D eigenvalue weighted by atomic mass is 32.2. The SMILES string of the molecule is CCCCCCCCCCCCCCCCCC(=O)OC[C@H](COP(=O)(O)OCCNC(=O)C(C)NC(=O)CCSC)OC(=O)CCCCCCCCCCCCCCCCC. The lowest BCUT2D eigenvalue weighted by atomic mass is 10.0. The molecule has 2 unspecified atom stereocenters. The van der Waals surface area contributed by atoms with E-state index in [9.17, 15) is 28.6 Å². The fourth-order valence-electron chi connectivity index (χ4n) is 7.18. The van der Waals surface area contributed by atoms with Gasteiger partial charge in [-0.15, -0.1) is 0 Å². The molecular formula is C48H93N2O10PS. The molecule has 3 atom stereocenters. The van der Waals surface area contributed by atoms with Crippen molar-refractivity contribution in [2.45, 2.75) is 245 Å². The van der Waals surface area contributed by atoms with Gasteiger partial charge >= 0.3 is 19.8 Å². The quantitative estimate of drug-likeness (QED) is 0.0302. The molecule has 0 heterocycles. The highest BCUT2D eigenvalue weighted by Crippen LogP contribution is 2.43. The van der Waals surface area contributed by atoms with Gasteiger partial charge in [0.1, 0.15) is 12.6 Å². The van der Waals surface area contributed by atoms with E-state index in [1.807, 2.05) is 6.26 Å². The lowest BCUT2D eigenvalue weighted by Crippen LogP contribution is -2.45. The number of esters is 2. The number of unbranched alkanes of at least 4 members (excludes halogenated alkanes) is 28. The molecule has 0 saturated carbocycles. The zero-order valence-electron chi connectivity index (χ0n) is 40.0. The van der Waals surface area contributed by atoms with Gasteiger partial charge in [0.25, 0.3) is 0 Å². The third-order valence-corrected chi connectivity index (χ3v) is 12.7. The van der Waals surface area contributed by atoms with E-state index >= 15 is 0 Å². The van der Waals surface area contributed by atoms with Crippen LogP contribution in [0.3, 0.4) is 0 Å². The van der Waals surface area contributed by atoms with E-state index in [1.54, 1.807) is 6.92 Å². The van der Waals surface area contributed by atoms with Crippen LogP contribution in [0.1, 0.15) is 233 Å². The number of carbonyl (C=O) groups is 4. The fraction of sp³-hybridized carbons (Fsp3) is 0.917. The highest BCUT2D eigenvalue weighted by molar-refractivity contribution is 7.98. The van der Waals surface area contributed by atoms with Crippen LogP contribution in [-0.4, -0.2) is 79.2 Å². The normalized spacial score (nSPS) is 13.3. The summed E-state index contributed by atoms with van der Waals surface area (Å²) < 4.78 is 33.8. The molecule has 0 fully saturated rings. The Hall–Kier alpha value is -1.66. The van der Waals surface area contributed by atoms with Gasteiger partial charge in [0.15, 0.2) is 6.10 Å². The Bertz CT molecular complexity index is 1130. The number of rotatable bonds is 47. The Balaban J connectivity index is 4.58. The van der Waals surface area contributed by atoms with Crippen molar-refractivity contribution in [3.8, 4) is 0 Å². The zero-order valence-corrected chi connectivity index (χ0v) is 41.7. The van der Waals surface area contributed by atoms with E-state index in [2.05, 4.69) is 24.5 Å². The van der Waals surface area contributed by atoms with E-state index < -0.39 is 44.4 Å². The minimum absolute atomic E-state index is 0.105. The van der Waals surface area contributed by atoms with Crippen molar-refractivity contribution < 1.29 is 47.2 Å². The molecule has 0 radical (unpaired) electrons. The van der Waals surface area contributed by atoms with Gasteiger partial charge in [0, 0.05) is 31.6 Å². The van der Waals surface area contributed by atoms with Crippen LogP contribution < -0.4 is 10.6 Å². The van der Waals surface area contributed by atoms with Crippen molar-refractivity contribution in [2.24, 2.45) is 0 Å². The largest absolute Gasteiger partial charge is 0.472 e. The second kappa shape index (κ2) is 44.5. The van der Waals surface area contributed by atoms with Crippen molar-refractivity contribution in [2.75, 3.05) is 38.4 Å². The Labute approximate surface area is 383 Å². The Kier molecular flexibility index (Phi) is 43.3. The molecule has 0 aromatic rings. The van der Waals surface area contributed by atoms with Gasteiger partial charge in [-0.3, -0.25) is 28.2 Å². The summed E-state index contributed by atoms with van der Waals surface area (Å²) in [5, 5.41) is 5.14. The van der Waals surface area contributed by atoms with E-state index in [1.165, 1.54) is 153 Å². The molecule has 3 N–H and O–H groups in total. The molecule has 0 rings (SSSR count). The smallest absolute Gasteiger partial charge is 0.462 e. The molecule has 0 aliphatic rings. The predicted molar refractivity (Wildman–Crippen MR) is 255 cm³/mol. The van der Waals surface area contributed by atoms with Crippen LogP contribution in [0.5, 0.6) is 0 Å². The number of hydrogen-bond acceptors (Lipinski definition) is 10. The summed E-state index contributed by atoms with van der Waals surface area (Å²) in [4.78, 5) is 59.9. The molecule has 0 bridgehead atoms. The molecular weight excluding hydrogens is 828 g/mol. The number of thioether (sulfide) groups is 1. The number of ether oxygens (including phenoxy) is 2. The first-order valence-corrected chi connectivity index (χ1v) is 28.0. The number of phosphoric ester groups is 1. The van der Waals surface area contributed by atoms with Crippen molar-refractivity contribution >= 4 is 43.3 Å². The second-order valence-corrected chi connectivity index (χ2v) is 19.6. The van der Waals surface area contributed by atoms with Gasteiger partial charge in [-0.2, -0.15) is 11.8 Å². The summed E-state index contributed by atoms with van der Waals surface area (Å²) in [6.45, 7) is 4.78. The Morgan fingerprint density at radius 3 is 1.39 bits per heavy atom. The molecule has 0 aliphatic heterocycles. The Morgan fingerprint density at radius 2 is 0.968 bits per heavy atom. The molecule has 14 heteroatoms. The molecule has 0 aromatic carbocycles. The third kappa shape index (κ3) is 42.3. The van der Waals surface area contributed by atoms with E-state index in [0.717, 1.165) is 38.5 Å². The third-order valence-electron chi connectivity index (χ3n) is 11.1. The zero-order chi connectivity index (χ0) is 45.8. The fourth-order valence-corrected chi connectivity index (χ4v) is 8.32. The van der Waals surface area contributed by atoms with Crippen LogP contribution >= 0.6 is 19.6 Å². The number of nitrogens with one attached hydrogen (secondary N) is 2. The average Bonchev–Trinajstić information content (AvgIpc) is 3.25. The standard InChI is InChI=1S/C48H93N2O10PS/c1-5-7-9-11-13-15-17-19-21-23-25-27-29-31-33-35-46(52)57-41-44(42-59-61(55,56)58-39-38-49-48(54)43(3)50-45(51)37-40-62-4)60-47(53)36-34-32-30-28-26-24-22-20-18-16-14-12-10-8-6-2/h43-44H,5-42H2,1-4H3,(H,49,54)(H,50,51)(H,55,56)/t43?,44-/m1/s1. The summed E-state index contributed by atoms with van der Waals surface area (Å²) >= 11 is 1.53. The molecule has 0 aromatic heterocycles. The van der Waals surface area contributed by atoms with Crippen molar-refractivity contribution in [3.63, 3.8) is 0 Å². The number of amides is 2. The first kappa shape index (κ1) is 60.3. The summed E-state index contributed by atoms with van der Waals surface area (Å²) in [6.07, 6.45) is 38.2. The lowest BCUT2D eigenvalue weighted by Gasteiger charge is -2.20. The van der Waals surface area contributed by atoms with Crippen LogP contribution in [0, 0.1) is 0 Å². The van der Waals surface area contributed by atoms with Gasteiger partial charge in [0.2, 0.25) is 11.8 Å². The van der Waals surface area contributed by atoms with E-state index in [4.69, 9.17) is 18.5 Å². The first-order chi connectivity index (χ1) is 30.0. The topological polar surface area (TPSA) is 167 Å². The van der Waals surface area contributed by atoms with Crippen molar-refractivity contribution in [1.29, 1.82) is 0 Å². The maximum Gasteiger partial charge on any atom is 0.472 e. The number of hydrogen-bond donors (Lipinski definition) is 3. The van der Waals surface area contributed by atoms with Gasteiger partial charge in [-0.1, -0.05) is 194 Å². The maximum atomic E-state index is 12.8. The average molecular weight is 921 g/mol. The van der Waals surface area contributed by atoms with Crippen LogP contribution in [-0.2, 0) is 42.3 Å². The molecule has 0 spiro atoms. The molecule has 366 valence electrons. The first-order valence-electron chi connectivity index (χ1n) is 25.1. The monoisotopic (exact) mass is 921 g/mol. The van der Waals surface area contributed by atoms with Gasteiger partial charge in [-0.05, 0) is 26.0 Å². The minimum Gasteiger partial charge on any atom is -0.462 e. The minimum atomic E-state index is -4.61. The predicted octanol–water partition coefficient (Wildman–Crippen LogP) is 12.5. The van der Waals surface area contributed by atoms with Crippen LogP contribution in [0.25, 0.3) is 0 Å². The summed E-state index contributed by atoms with van der Waals surface area (Å²) in [7, 11) is -4.61. The second-order valence-electron chi connectivity index (χ2n) is 17.1. The van der Waals surface area contributed by atoms with Gasteiger partial charge in [-0.25, -0.2) is 4.57 Å². The van der Waals surface area contributed by atoms with Crippen molar-refractivity contribution in [3.05, 3.63) is 0 Å². The van der Waals surface area contributed by atoms with E-state index in [-0.39, 0.29) is 38.5 Å². The highest BCUT2D eigenvalue weighted by Gasteiger charge is 2.26. The van der Waals surface area contributed by atoms with E-state index in [0.29, 0.717) is 25.0 Å². The van der Waals surface area contributed by atoms with Crippen molar-refractivity contribution in [1.82, 2.24) is 10.6 Å². The van der Waals surface area contributed by atoms with Crippen LogP contribution in [0.4, 0.5) is 0 Å². The molecule has 0 saturated heterocycles. The Morgan fingerprint density at radius 1 is 0.565 bits per heavy atom. The maximum absolute atomic E-state index is 12.8. The molecule has 62 heavy (non-hydrogen) atoms. The summed E-state index contributed by atoms with van der Waals surface area (Å²) in [5.41, 5.74) is 0. The summed E-state index contributed by atoms with van der Waals surface area (Å²) in [5.74, 6) is -0.976. The molecule has 2 amide bonds. The summed E-state index contributed by atoms with van der Waals surface area (Å²) in [6, 6.07) is -0.784. The number of phosphoric acid groups is 1. The number of carbonyl (C=O) groups excluding carboxylic acids is 4. The molecule has 0 aliphatic carbocycles. The van der Waals surface area contributed by atoms with Crippen LogP contribution in [0.15, 0.2) is 0 Å². The molecule has 12 nitrogen and oxygen atoms in total. The van der Waals surface area contributed by atoms with Gasteiger partial charge in [0.05, 0.1) is 13.2 Å². The van der Waals surface area contributed by atoms with Gasteiger partial charge < -0.3 is 25.0 Å². The van der Waals surface area contributed by atoms with Crippen LogP contribution in [0.2, 0.25) is 0 Å².